The molecule has 1 aliphatic rings. The van der Waals surface area contributed by atoms with E-state index in [2.05, 4.69) is 5.18 Å². The minimum Gasteiger partial charge on any atom is -0.368 e. The number of primary amides is 1. The van der Waals surface area contributed by atoms with Crippen LogP contribution in [-0.2, 0) is 9.59 Å². The Balaban J connectivity index is 2.32. The number of benzene rings is 1. The van der Waals surface area contributed by atoms with E-state index in [1.54, 1.807) is 37.4 Å². The first kappa shape index (κ1) is 13.9. The Morgan fingerprint density at radius 2 is 2.25 bits per heavy atom. The second-order valence-electron chi connectivity index (χ2n) is 4.60. The maximum atomic E-state index is 12.0. The number of amides is 2. The molecule has 2 amide bonds. The summed E-state index contributed by atoms with van der Waals surface area (Å²) in [5.41, 5.74) is 7.10. The van der Waals surface area contributed by atoms with Crippen LogP contribution in [-0.4, -0.2) is 22.8 Å². The van der Waals surface area contributed by atoms with Crippen LogP contribution in [0.15, 0.2) is 35.6 Å². The van der Waals surface area contributed by atoms with Gasteiger partial charge >= 0.3 is 0 Å². The molecule has 0 aromatic heterocycles. The van der Waals surface area contributed by atoms with Crippen molar-refractivity contribution in [1.29, 1.82) is 0 Å². The molecule has 1 aromatic carbocycles. The van der Waals surface area contributed by atoms with Gasteiger partial charge in [-0.3, -0.25) is 9.59 Å². The van der Waals surface area contributed by atoms with Crippen LogP contribution < -0.4 is 5.73 Å². The molecule has 6 heteroatoms. The normalized spacial score (nSPS) is 15.9. The Morgan fingerprint density at radius 1 is 1.50 bits per heavy atom. The van der Waals surface area contributed by atoms with E-state index in [4.69, 9.17) is 5.73 Å². The molecule has 0 bridgehead atoms. The van der Waals surface area contributed by atoms with Crippen LogP contribution in [0.25, 0.3) is 5.57 Å². The smallest absolute Gasteiger partial charge is 0.240 e. The summed E-state index contributed by atoms with van der Waals surface area (Å²) in [4.78, 5) is 35.3. The van der Waals surface area contributed by atoms with Crippen molar-refractivity contribution >= 4 is 23.1 Å². The summed E-state index contributed by atoms with van der Waals surface area (Å²) in [6.45, 7) is 1.80. The van der Waals surface area contributed by atoms with Gasteiger partial charge in [0.1, 0.15) is 11.7 Å². The predicted octanol–water partition coefficient (Wildman–Crippen LogP) is 1.92. The summed E-state index contributed by atoms with van der Waals surface area (Å²) < 4.78 is 0. The summed E-state index contributed by atoms with van der Waals surface area (Å²) in [5.74, 6) is -0.697. The van der Waals surface area contributed by atoms with Crippen molar-refractivity contribution in [3.8, 4) is 0 Å². The number of hydrogen-bond donors (Lipinski definition) is 1. The average molecular weight is 273 g/mol. The highest BCUT2D eigenvalue weighted by atomic mass is 16.3. The second-order valence-corrected chi connectivity index (χ2v) is 4.60. The molecule has 2 rings (SSSR count). The first-order valence-electron chi connectivity index (χ1n) is 6.31. The lowest BCUT2D eigenvalue weighted by molar-refractivity contribution is -0.134. The molecule has 0 saturated carbocycles. The number of carbonyl (C=O) groups excluding carboxylic acids is 2. The molecule has 0 radical (unpaired) electrons. The predicted molar refractivity (Wildman–Crippen MR) is 74.6 cm³/mol. The van der Waals surface area contributed by atoms with Gasteiger partial charge in [-0.05, 0) is 34.9 Å². The third kappa shape index (κ3) is 2.59. The molecule has 104 valence electrons. The minimum atomic E-state index is -0.632. The van der Waals surface area contributed by atoms with Gasteiger partial charge in [0.15, 0.2) is 0 Å². The van der Waals surface area contributed by atoms with E-state index in [-0.39, 0.29) is 12.3 Å². The largest absolute Gasteiger partial charge is 0.368 e. The monoisotopic (exact) mass is 273 g/mol. The summed E-state index contributed by atoms with van der Waals surface area (Å²) in [6, 6.07) is 6.06. The fourth-order valence-electron chi connectivity index (χ4n) is 2.28. The molecule has 0 spiro atoms. The molecule has 0 fully saturated rings. The van der Waals surface area contributed by atoms with Crippen molar-refractivity contribution in [3.05, 3.63) is 40.9 Å². The first-order chi connectivity index (χ1) is 9.56. The molecule has 1 atom stereocenters. The summed E-state index contributed by atoms with van der Waals surface area (Å²) in [6.07, 6.45) is 2.28. The van der Waals surface area contributed by atoms with Gasteiger partial charge in [-0.1, -0.05) is 19.1 Å². The molecule has 20 heavy (non-hydrogen) atoms. The molecule has 6 nitrogen and oxygen atoms in total. The van der Waals surface area contributed by atoms with Gasteiger partial charge in [0.2, 0.25) is 11.8 Å². The zero-order chi connectivity index (χ0) is 14.7. The molecule has 0 saturated heterocycles. The minimum absolute atomic E-state index is 0.171. The molecular formula is C14H15N3O3. The zero-order valence-electron chi connectivity index (χ0n) is 11.1. The van der Waals surface area contributed by atoms with Crippen molar-refractivity contribution in [2.24, 2.45) is 10.9 Å². The van der Waals surface area contributed by atoms with E-state index in [1.807, 2.05) is 0 Å². The Hall–Kier alpha value is -2.50. The van der Waals surface area contributed by atoms with Gasteiger partial charge in [0.05, 0.1) is 6.42 Å². The van der Waals surface area contributed by atoms with Gasteiger partial charge in [-0.2, -0.15) is 0 Å². The van der Waals surface area contributed by atoms with Crippen LogP contribution in [0, 0.1) is 4.91 Å². The van der Waals surface area contributed by atoms with Crippen molar-refractivity contribution in [2.45, 2.75) is 25.8 Å². The average Bonchev–Trinajstić information content (AvgIpc) is 2.81. The Labute approximate surface area is 116 Å². The zero-order valence-corrected chi connectivity index (χ0v) is 11.1. The van der Waals surface area contributed by atoms with E-state index in [1.165, 1.54) is 4.90 Å². The lowest BCUT2D eigenvalue weighted by atomic mass is 10.1. The van der Waals surface area contributed by atoms with Crippen molar-refractivity contribution in [3.63, 3.8) is 0 Å². The number of carbonyl (C=O) groups is 2. The number of nitrogens with two attached hydrogens (primary N) is 1. The SMILES string of the molecule is CC[C@@H](C(N)=O)N1C=C(c2cccc(N=O)c2)CC1=O. The maximum Gasteiger partial charge on any atom is 0.240 e. The second kappa shape index (κ2) is 5.64. The lowest BCUT2D eigenvalue weighted by Crippen LogP contribution is -2.42. The third-order valence-corrected chi connectivity index (χ3v) is 3.30. The number of rotatable bonds is 5. The van der Waals surface area contributed by atoms with Crippen molar-refractivity contribution in [2.75, 3.05) is 0 Å². The number of nitroso groups, excluding NO2 is 1. The van der Waals surface area contributed by atoms with Gasteiger partial charge in [0, 0.05) is 6.20 Å². The quantitative estimate of drug-likeness (QED) is 0.830. The highest BCUT2D eigenvalue weighted by Crippen LogP contribution is 2.29. The fourth-order valence-corrected chi connectivity index (χ4v) is 2.28. The first-order valence-corrected chi connectivity index (χ1v) is 6.31. The van der Waals surface area contributed by atoms with Gasteiger partial charge < -0.3 is 10.6 Å². The van der Waals surface area contributed by atoms with Gasteiger partial charge in [0.25, 0.3) is 0 Å². The molecule has 2 N–H and O–H groups in total. The van der Waals surface area contributed by atoms with Crippen LogP contribution in [0.1, 0.15) is 25.3 Å². The molecule has 1 aliphatic heterocycles. The summed E-state index contributed by atoms with van der Waals surface area (Å²) >= 11 is 0. The van der Waals surface area contributed by atoms with Crippen LogP contribution >= 0.6 is 0 Å². The van der Waals surface area contributed by atoms with Crippen LogP contribution in [0.5, 0.6) is 0 Å². The summed E-state index contributed by atoms with van der Waals surface area (Å²) in [5, 5.41) is 2.87. The topological polar surface area (TPSA) is 92.8 Å². The van der Waals surface area contributed by atoms with Crippen molar-refractivity contribution in [1.82, 2.24) is 4.90 Å². The Morgan fingerprint density at radius 3 is 2.85 bits per heavy atom. The van der Waals surface area contributed by atoms with E-state index < -0.39 is 11.9 Å². The van der Waals surface area contributed by atoms with E-state index in [0.717, 1.165) is 11.1 Å². The van der Waals surface area contributed by atoms with Gasteiger partial charge in [-0.15, -0.1) is 4.91 Å². The molecule has 0 aliphatic carbocycles. The van der Waals surface area contributed by atoms with E-state index in [9.17, 15) is 14.5 Å². The fraction of sp³-hybridized carbons (Fsp3) is 0.286. The van der Waals surface area contributed by atoms with Crippen LogP contribution in [0.2, 0.25) is 0 Å². The molecule has 1 aromatic rings. The number of hydrogen-bond acceptors (Lipinski definition) is 4. The van der Waals surface area contributed by atoms with Gasteiger partial charge in [-0.25, -0.2) is 0 Å². The van der Waals surface area contributed by atoms with E-state index >= 15 is 0 Å². The molecule has 1 heterocycles. The number of nitrogens with zero attached hydrogens (tertiary/aromatic N) is 2. The molecular weight excluding hydrogens is 258 g/mol. The standard InChI is InChI=1S/C14H15N3O3/c1-2-12(14(15)19)17-8-10(7-13(17)18)9-4-3-5-11(6-9)16-20/h3-6,8,12H,2,7H2,1H3,(H2,15,19)/t12-/m0/s1. The highest BCUT2D eigenvalue weighted by molar-refractivity contribution is 5.98. The third-order valence-electron chi connectivity index (χ3n) is 3.30. The van der Waals surface area contributed by atoms with Crippen LogP contribution in [0.3, 0.4) is 0 Å². The highest BCUT2D eigenvalue weighted by Gasteiger charge is 2.30. The summed E-state index contributed by atoms with van der Waals surface area (Å²) in [7, 11) is 0. The van der Waals surface area contributed by atoms with Crippen molar-refractivity contribution < 1.29 is 9.59 Å². The Bertz CT molecular complexity index is 595. The van der Waals surface area contributed by atoms with Crippen LogP contribution in [0.4, 0.5) is 5.69 Å². The Kier molecular flexibility index (Phi) is 3.93. The lowest BCUT2D eigenvalue weighted by Gasteiger charge is -2.21. The van der Waals surface area contributed by atoms with E-state index in [0.29, 0.717) is 12.1 Å². The maximum absolute atomic E-state index is 12.0. The molecule has 0 unspecified atom stereocenters.